The van der Waals surface area contributed by atoms with Crippen LogP contribution in [0.4, 0.5) is 0 Å². The van der Waals surface area contributed by atoms with Crippen LogP contribution in [0.25, 0.3) is 38.0 Å². The number of nitrogens with zero attached hydrogens (tertiary/aromatic N) is 5. The number of methoxy groups -OCH3 is 1. The Hall–Kier alpha value is -3.77. The minimum absolute atomic E-state index is 0.329. The van der Waals surface area contributed by atoms with E-state index in [1.807, 2.05) is 36.7 Å². The maximum Gasteiger partial charge on any atom is 0.212 e. The molecule has 0 amide bonds. The lowest BCUT2D eigenvalue weighted by Crippen LogP contribution is -2.42. The molecule has 11 heteroatoms. The van der Waals surface area contributed by atoms with Crippen LogP contribution in [0.15, 0.2) is 58.5 Å². The van der Waals surface area contributed by atoms with Crippen molar-refractivity contribution in [1.82, 2.24) is 24.5 Å². The molecule has 0 bridgehead atoms. The molecular weight excluding hydrogens is 558 g/mol. The van der Waals surface area contributed by atoms with E-state index in [4.69, 9.17) is 23.6 Å². The molecule has 0 N–H and O–H groups in total. The minimum Gasteiger partial charge on any atom is -0.496 e. The lowest BCUT2D eigenvalue weighted by molar-refractivity contribution is -0.00436. The van der Waals surface area contributed by atoms with Crippen molar-refractivity contribution in [3.63, 3.8) is 0 Å². The fourth-order valence-electron chi connectivity index (χ4n) is 5.01. The second kappa shape index (κ2) is 10.9. The highest BCUT2D eigenvalue weighted by molar-refractivity contribution is 7.16. The number of hydrogen-bond donors (Lipinski definition) is 0. The molecule has 7 rings (SSSR count). The number of furan rings is 1. The van der Waals surface area contributed by atoms with Crippen LogP contribution in [0.3, 0.4) is 0 Å². The lowest BCUT2D eigenvalue weighted by atomic mass is 10.1. The van der Waals surface area contributed by atoms with Crippen molar-refractivity contribution in [2.24, 2.45) is 0 Å². The molecule has 41 heavy (non-hydrogen) atoms. The molecule has 4 aromatic heterocycles. The normalized spacial score (nSPS) is 16.1. The van der Waals surface area contributed by atoms with Gasteiger partial charge in [-0.25, -0.2) is 14.5 Å². The number of rotatable bonds is 8. The Morgan fingerprint density at radius 3 is 2.80 bits per heavy atom. The van der Waals surface area contributed by atoms with Crippen LogP contribution in [0, 0.1) is 6.92 Å². The summed E-state index contributed by atoms with van der Waals surface area (Å²) in [5.41, 5.74) is 4.66. The molecule has 0 saturated carbocycles. The maximum atomic E-state index is 6.27. The highest BCUT2D eigenvalue weighted by atomic mass is 32.1. The van der Waals surface area contributed by atoms with Gasteiger partial charge in [0.05, 0.1) is 37.6 Å². The first-order chi connectivity index (χ1) is 20.0. The third-order valence-corrected chi connectivity index (χ3v) is 9.00. The monoisotopic (exact) mass is 587 g/mol. The molecule has 0 spiro atoms. The molecule has 1 aliphatic heterocycles. The SMILES string of the molecule is COc1cc(OCc2csc(-c3ccc(CN4CCOC[C@@H]4C)cc3)n2)c2cc(-c3cn4nc(C)sc4n3)oc2c1. The molecule has 0 unspecified atom stereocenters. The molecular formula is C30H29N5O4S2. The van der Waals surface area contributed by atoms with Gasteiger partial charge in [0.25, 0.3) is 0 Å². The first-order valence-corrected chi connectivity index (χ1v) is 15.1. The Labute approximate surface area is 244 Å². The minimum atomic E-state index is 0.329. The Morgan fingerprint density at radius 2 is 2.00 bits per heavy atom. The van der Waals surface area contributed by atoms with Crippen molar-refractivity contribution in [3.05, 3.63) is 70.3 Å². The fourth-order valence-corrected chi connectivity index (χ4v) is 6.54. The number of benzene rings is 2. The van der Waals surface area contributed by atoms with Gasteiger partial charge in [0, 0.05) is 42.2 Å². The van der Waals surface area contributed by atoms with Crippen LogP contribution in [0.1, 0.15) is 23.2 Å². The van der Waals surface area contributed by atoms with Gasteiger partial charge in [-0.2, -0.15) is 5.10 Å². The van der Waals surface area contributed by atoms with E-state index in [2.05, 4.69) is 46.2 Å². The van der Waals surface area contributed by atoms with Gasteiger partial charge in [0.1, 0.15) is 39.4 Å². The molecule has 6 aromatic rings. The number of aryl methyl sites for hydroxylation is 1. The number of morpholine rings is 1. The number of aromatic nitrogens is 4. The van der Waals surface area contributed by atoms with Gasteiger partial charge in [0.15, 0.2) is 5.76 Å². The summed E-state index contributed by atoms with van der Waals surface area (Å²) in [4.78, 5) is 12.8. The molecule has 0 aliphatic carbocycles. The first-order valence-electron chi connectivity index (χ1n) is 13.5. The van der Waals surface area contributed by atoms with E-state index in [-0.39, 0.29) is 0 Å². The average molecular weight is 588 g/mol. The summed E-state index contributed by atoms with van der Waals surface area (Å²) < 4.78 is 25.3. The number of hydrogen-bond acceptors (Lipinski definition) is 10. The molecule has 2 aromatic carbocycles. The van der Waals surface area contributed by atoms with Crippen molar-refractivity contribution >= 4 is 38.6 Å². The molecule has 1 atom stereocenters. The van der Waals surface area contributed by atoms with Gasteiger partial charge in [-0.1, -0.05) is 35.6 Å². The van der Waals surface area contributed by atoms with Gasteiger partial charge in [0.2, 0.25) is 4.96 Å². The molecule has 1 aliphatic rings. The quantitative estimate of drug-likeness (QED) is 0.201. The van der Waals surface area contributed by atoms with E-state index in [0.717, 1.165) is 63.6 Å². The number of imidazole rings is 1. The van der Waals surface area contributed by atoms with Crippen LogP contribution < -0.4 is 9.47 Å². The molecule has 1 saturated heterocycles. The van der Waals surface area contributed by atoms with Crippen LogP contribution >= 0.6 is 22.7 Å². The molecule has 1 fully saturated rings. The third kappa shape index (κ3) is 5.33. The van der Waals surface area contributed by atoms with Gasteiger partial charge < -0.3 is 18.6 Å². The summed E-state index contributed by atoms with van der Waals surface area (Å²) >= 11 is 3.16. The highest BCUT2D eigenvalue weighted by Gasteiger charge is 2.19. The summed E-state index contributed by atoms with van der Waals surface area (Å²) in [5, 5.41) is 9.28. The second-order valence-electron chi connectivity index (χ2n) is 10.1. The lowest BCUT2D eigenvalue weighted by Gasteiger charge is -2.33. The first kappa shape index (κ1) is 26.1. The van der Waals surface area contributed by atoms with Crippen molar-refractivity contribution < 1.29 is 18.6 Å². The third-order valence-electron chi connectivity index (χ3n) is 7.22. The van der Waals surface area contributed by atoms with Crippen molar-refractivity contribution in [2.45, 2.75) is 33.0 Å². The van der Waals surface area contributed by atoms with Crippen LogP contribution in [0.2, 0.25) is 0 Å². The van der Waals surface area contributed by atoms with Gasteiger partial charge >= 0.3 is 0 Å². The van der Waals surface area contributed by atoms with E-state index in [1.165, 1.54) is 16.9 Å². The van der Waals surface area contributed by atoms with E-state index in [1.54, 1.807) is 23.0 Å². The van der Waals surface area contributed by atoms with Crippen molar-refractivity contribution in [3.8, 4) is 33.5 Å². The summed E-state index contributed by atoms with van der Waals surface area (Å²) in [6.07, 6.45) is 1.88. The van der Waals surface area contributed by atoms with E-state index in [0.29, 0.717) is 35.5 Å². The van der Waals surface area contributed by atoms with Crippen molar-refractivity contribution in [1.29, 1.82) is 0 Å². The Balaban J connectivity index is 1.07. The Morgan fingerprint density at radius 1 is 1.12 bits per heavy atom. The van der Waals surface area contributed by atoms with Crippen molar-refractivity contribution in [2.75, 3.05) is 26.9 Å². The van der Waals surface area contributed by atoms with Gasteiger partial charge in [-0.15, -0.1) is 11.3 Å². The zero-order chi connectivity index (χ0) is 27.9. The summed E-state index contributed by atoms with van der Waals surface area (Å²) in [7, 11) is 1.63. The number of fused-ring (bicyclic) bond motifs is 2. The zero-order valence-corrected chi connectivity index (χ0v) is 24.6. The average Bonchev–Trinajstić information content (AvgIpc) is 3.76. The smallest absolute Gasteiger partial charge is 0.212 e. The van der Waals surface area contributed by atoms with Gasteiger partial charge in [-0.05, 0) is 25.5 Å². The van der Waals surface area contributed by atoms with Gasteiger partial charge in [-0.3, -0.25) is 4.90 Å². The summed E-state index contributed by atoms with van der Waals surface area (Å²) in [5.74, 6) is 1.97. The topological polar surface area (TPSA) is 87.2 Å². The van der Waals surface area contributed by atoms with Crippen LogP contribution in [-0.4, -0.2) is 57.4 Å². The second-order valence-corrected chi connectivity index (χ2v) is 12.2. The molecule has 9 nitrogen and oxygen atoms in total. The largest absolute Gasteiger partial charge is 0.496 e. The summed E-state index contributed by atoms with van der Waals surface area (Å²) in [6.45, 7) is 8.01. The Kier molecular flexibility index (Phi) is 6.95. The highest BCUT2D eigenvalue weighted by Crippen LogP contribution is 2.37. The standard InChI is InChI=1S/C30H29N5O4S2/c1-18-15-37-9-8-34(18)13-20-4-6-21(7-5-20)29-31-22(17-40-29)16-38-26-10-23(36-3)11-27-24(26)12-28(39-27)25-14-35-30(32-25)41-19(2)33-35/h4-7,10-12,14,17-18H,8-9,13,15-16H2,1-3H3/t18-/m0/s1. The fraction of sp³-hybridized carbons (Fsp3) is 0.300. The Bertz CT molecular complexity index is 1790. The predicted octanol–water partition coefficient (Wildman–Crippen LogP) is 6.44. The van der Waals surface area contributed by atoms with Crippen LogP contribution in [0.5, 0.6) is 11.5 Å². The number of thiazole rings is 1. The number of ether oxygens (including phenoxy) is 3. The van der Waals surface area contributed by atoms with E-state index >= 15 is 0 Å². The molecule has 5 heterocycles. The van der Waals surface area contributed by atoms with E-state index in [9.17, 15) is 0 Å². The predicted molar refractivity (Wildman–Crippen MR) is 160 cm³/mol. The molecule has 210 valence electrons. The van der Waals surface area contributed by atoms with Crippen LogP contribution in [-0.2, 0) is 17.9 Å². The molecule has 0 radical (unpaired) electrons. The maximum absolute atomic E-state index is 6.27. The summed E-state index contributed by atoms with van der Waals surface area (Å²) in [6, 6.07) is 14.8. The zero-order valence-electron chi connectivity index (χ0n) is 23.0. The van der Waals surface area contributed by atoms with E-state index < -0.39 is 0 Å².